The molecular weight excluding hydrogens is 518 g/mol. The maximum Gasteiger partial charge on any atom is 0.241 e. The molecule has 9 heteroatoms. The molecule has 0 bridgehead atoms. The third-order valence-corrected chi connectivity index (χ3v) is 5.83. The number of halogens is 2. The molecule has 166 valence electrons. The summed E-state index contributed by atoms with van der Waals surface area (Å²) in [7, 11) is -2.01. The highest BCUT2D eigenvalue weighted by atomic mass is 127. The van der Waals surface area contributed by atoms with Crippen LogP contribution in [0.3, 0.4) is 0 Å². The molecule has 3 N–H and O–H groups in total. The first-order valence-corrected chi connectivity index (χ1v) is 10.9. The van der Waals surface area contributed by atoms with Crippen molar-refractivity contribution in [1.29, 1.82) is 0 Å². The number of rotatable bonds is 7. The Morgan fingerprint density at radius 2 is 1.77 bits per heavy atom. The highest BCUT2D eigenvalue weighted by Crippen LogP contribution is 2.17. The van der Waals surface area contributed by atoms with E-state index in [1.807, 2.05) is 6.07 Å². The molecule has 0 saturated carbocycles. The van der Waals surface area contributed by atoms with Gasteiger partial charge in [0, 0.05) is 25.7 Å². The Morgan fingerprint density at radius 1 is 1.07 bits per heavy atom. The molecular formula is C21H30FIN4O2S. The fourth-order valence-corrected chi connectivity index (χ4v) is 4.45. The third kappa shape index (κ3) is 8.57. The average Bonchev–Trinajstić information content (AvgIpc) is 2.63. The second-order valence-corrected chi connectivity index (χ2v) is 9.35. The fourth-order valence-electron chi connectivity index (χ4n) is 2.79. The largest absolute Gasteiger partial charge is 0.356 e. The zero-order valence-electron chi connectivity index (χ0n) is 17.7. The van der Waals surface area contributed by atoms with Crippen LogP contribution >= 0.6 is 24.0 Å². The third-order valence-electron chi connectivity index (χ3n) is 3.97. The van der Waals surface area contributed by atoms with Crippen LogP contribution in [0, 0.1) is 5.82 Å². The van der Waals surface area contributed by atoms with Crippen molar-refractivity contribution in [3.05, 3.63) is 65.5 Å². The van der Waals surface area contributed by atoms with Crippen LogP contribution in [0.15, 0.2) is 58.4 Å². The van der Waals surface area contributed by atoms with Crippen molar-refractivity contribution >= 4 is 40.0 Å². The summed E-state index contributed by atoms with van der Waals surface area (Å²) < 4.78 is 41.4. The number of aliphatic imine (C=N–C) groups is 1. The van der Waals surface area contributed by atoms with E-state index < -0.39 is 15.6 Å². The van der Waals surface area contributed by atoms with Crippen molar-refractivity contribution in [3.8, 4) is 0 Å². The van der Waals surface area contributed by atoms with Crippen LogP contribution in [-0.4, -0.2) is 33.5 Å². The standard InChI is InChI=1S/C21H29FN4O2S.HI/c1-21(2,3)26-29(27,28)19-11-6-5-9-17(19)15-25-20(23-4)24-13-12-16-8-7-10-18(22)14-16;/h5-11,14,26H,12-13,15H2,1-4H3,(H2,23,24,25);1H. The average molecular weight is 548 g/mol. The zero-order chi connectivity index (χ0) is 21.5. The molecule has 0 aliphatic carbocycles. The van der Waals surface area contributed by atoms with Crippen molar-refractivity contribution in [3.63, 3.8) is 0 Å². The summed E-state index contributed by atoms with van der Waals surface area (Å²) in [6.07, 6.45) is 0.638. The van der Waals surface area contributed by atoms with Crippen LogP contribution in [0.25, 0.3) is 0 Å². The summed E-state index contributed by atoms with van der Waals surface area (Å²) in [6.45, 7) is 6.26. The summed E-state index contributed by atoms with van der Waals surface area (Å²) >= 11 is 0. The molecule has 0 aliphatic rings. The maximum atomic E-state index is 13.3. The van der Waals surface area contributed by atoms with Gasteiger partial charge in [0.1, 0.15) is 5.82 Å². The van der Waals surface area contributed by atoms with Gasteiger partial charge in [0.05, 0.1) is 4.90 Å². The van der Waals surface area contributed by atoms with E-state index in [0.29, 0.717) is 31.0 Å². The van der Waals surface area contributed by atoms with E-state index in [9.17, 15) is 12.8 Å². The molecule has 0 atom stereocenters. The van der Waals surface area contributed by atoms with Crippen molar-refractivity contribution in [1.82, 2.24) is 15.4 Å². The van der Waals surface area contributed by atoms with Gasteiger partial charge in [-0.1, -0.05) is 30.3 Å². The number of nitrogens with zero attached hydrogens (tertiary/aromatic N) is 1. The van der Waals surface area contributed by atoms with Crippen LogP contribution < -0.4 is 15.4 Å². The van der Waals surface area contributed by atoms with Crippen LogP contribution in [0.5, 0.6) is 0 Å². The molecule has 0 unspecified atom stereocenters. The van der Waals surface area contributed by atoms with Crippen molar-refractivity contribution in [2.45, 2.75) is 44.2 Å². The Labute approximate surface area is 195 Å². The van der Waals surface area contributed by atoms with Crippen LogP contribution in [0.1, 0.15) is 31.9 Å². The molecule has 2 aromatic carbocycles. The van der Waals surface area contributed by atoms with Gasteiger partial charge in [-0.15, -0.1) is 24.0 Å². The van der Waals surface area contributed by atoms with E-state index in [0.717, 1.165) is 5.56 Å². The van der Waals surface area contributed by atoms with Gasteiger partial charge in [-0.2, -0.15) is 0 Å². The predicted octanol–water partition coefficient (Wildman–Crippen LogP) is 3.43. The molecule has 0 saturated heterocycles. The van der Waals surface area contributed by atoms with Crippen LogP contribution in [-0.2, 0) is 23.0 Å². The van der Waals surface area contributed by atoms with Crippen LogP contribution in [0.4, 0.5) is 4.39 Å². The Bertz CT molecular complexity index is 959. The number of guanidine groups is 1. The summed E-state index contributed by atoms with van der Waals surface area (Å²) in [4.78, 5) is 4.39. The molecule has 30 heavy (non-hydrogen) atoms. The molecule has 0 aliphatic heterocycles. The lowest BCUT2D eigenvalue weighted by molar-refractivity contribution is 0.491. The Balaban J connectivity index is 0.00000450. The SMILES string of the molecule is CN=C(NCCc1cccc(F)c1)NCc1ccccc1S(=O)(=O)NC(C)(C)C.I. The molecule has 2 rings (SSSR count). The molecule has 0 fully saturated rings. The normalized spacial score (nSPS) is 12.2. The topological polar surface area (TPSA) is 82.6 Å². The first-order valence-electron chi connectivity index (χ1n) is 9.41. The molecule has 2 aromatic rings. The molecule has 0 radical (unpaired) electrons. The monoisotopic (exact) mass is 548 g/mol. The molecule has 6 nitrogen and oxygen atoms in total. The van der Waals surface area contributed by atoms with E-state index in [1.165, 1.54) is 12.1 Å². The summed E-state index contributed by atoms with van der Waals surface area (Å²) in [6, 6.07) is 13.3. The van der Waals surface area contributed by atoms with Crippen molar-refractivity contribution in [2.75, 3.05) is 13.6 Å². The second kappa shape index (κ2) is 11.6. The summed E-state index contributed by atoms with van der Waals surface area (Å²) in [5.41, 5.74) is 0.948. The van der Waals surface area contributed by atoms with Gasteiger partial charge in [0.15, 0.2) is 5.96 Å². The Morgan fingerprint density at radius 3 is 2.40 bits per heavy atom. The fraction of sp³-hybridized carbons (Fsp3) is 0.381. The highest BCUT2D eigenvalue weighted by Gasteiger charge is 2.24. The second-order valence-electron chi connectivity index (χ2n) is 7.70. The number of benzene rings is 2. The van der Waals surface area contributed by atoms with E-state index >= 15 is 0 Å². The molecule has 0 spiro atoms. The molecule has 0 amide bonds. The number of hydrogen-bond donors (Lipinski definition) is 3. The summed E-state index contributed by atoms with van der Waals surface area (Å²) in [5, 5.41) is 6.29. The summed E-state index contributed by atoms with van der Waals surface area (Å²) in [5.74, 6) is 0.282. The smallest absolute Gasteiger partial charge is 0.241 e. The quantitative estimate of drug-likeness (QED) is 0.282. The Kier molecular flexibility index (Phi) is 10.2. The van der Waals surface area contributed by atoms with Gasteiger partial charge < -0.3 is 10.6 Å². The lowest BCUT2D eigenvalue weighted by Gasteiger charge is -2.22. The minimum absolute atomic E-state index is 0. The molecule has 0 heterocycles. The maximum absolute atomic E-state index is 13.3. The van der Waals surface area contributed by atoms with Gasteiger partial charge in [0.2, 0.25) is 10.0 Å². The minimum Gasteiger partial charge on any atom is -0.356 e. The van der Waals surface area contributed by atoms with Crippen molar-refractivity contribution < 1.29 is 12.8 Å². The van der Waals surface area contributed by atoms with E-state index in [4.69, 9.17) is 0 Å². The zero-order valence-corrected chi connectivity index (χ0v) is 20.8. The van der Waals surface area contributed by atoms with Gasteiger partial charge in [-0.25, -0.2) is 17.5 Å². The van der Waals surface area contributed by atoms with Crippen molar-refractivity contribution in [2.24, 2.45) is 4.99 Å². The number of sulfonamides is 1. The van der Waals surface area contributed by atoms with Crippen LogP contribution in [0.2, 0.25) is 0 Å². The Hall–Kier alpha value is -1.72. The first-order chi connectivity index (χ1) is 13.6. The number of hydrogen-bond acceptors (Lipinski definition) is 3. The molecule has 0 aromatic heterocycles. The van der Waals surface area contributed by atoms with Gasteiger partial charge in [-0.05, 0) is 56.5 Å². The van der Waals surface area contributed by atoms with Gasteiger partial charge >= 0.3 is 0 Å². The van der Waals surface area contributed by atoms with E-state index in [1.54, 1.807) is 58.2 Å². The lowest BCUT2D eigenvalue weighted by atomic mass is 10.1. The van der Waals surface area contributed by atoms with E-state index in [2.05, 4.69) is 20.3 Å². The lowest BCUT2D eigenvalue weighted by Crippen LogP contribution is -2.41. The van der Waals surface area contributed by atoms with Gasteiger partial charge in [0.25, 0.3) is 0 Å². The minimum atomic E-state index is -3.65. The van der Waals surface area contributed by atoms with E-state index in [-0.39, 0.29) is 34.7 Å². The highest BCUT2D eigenvalue weighted by molar-refractivity contribution is 14.0. The number of nitrogens with one attached hydrogen (secondary N) is 3. The first kappa shape index (κ1) is 26.3. The predicted molar refractivity (Wildman–Crippen MR) is 130 cm³/mol. The van der Waals surface area contributed by atoms with Gasteiger partial charge in [-0.3, -0.25) is 4.99 Å².